The first-order valence-corrected chi connectivity index (χ1v) is 8.30. The maximum absolute atomic E-state index is 12.2. The number of phenolic OH excluding ortho intramolecular Hbond substituents is 1. The number of anilines is 1. The summed E-state index contributed by atoms with van der Waals surface area (Å²) < 4.78 is 1.30. The van der Waals surface area contributed by atoms with Crippen LogP contribution in [0.5, 0.6) is 5.75 Å². The molecule has 0 saturated carbocycles. The van der Waals surface area contributed by atoms with Crippen LogP contribution in [0, 0.1) is 12.8 Å². The Morgan fingerprint density at radius 2 is 2.20 bits per heavy atom. The number of aromatic hydroxyl groups is 1. The molecule has 7 nitrogen and oxygen atoms in total. The number of nitrogens with zero attached hydrogens (tertiary/aromatic N) is 3. The highest BCUT2D eigenvalue weighted by molar-refractivity contribution is 5.96. The van der Waals surface area contributed by atoms with Crippen LogP contribution in [-0.4, -0.2) is 40.4 Å². The monoisotopic (exact) mass is 342 g/mol. The lowest BCUT2D eigenvalue weighted by molar-refractivity contribution is 0.0945. The molecule has 1 saturated heterocycles. The first-order chi connectivity index (χ1) is 11.9. The minimum atomic E-state index is -0.272. The van der Waals surface area contributed by atoms with Gasteiger partial charge >= 0.3 is 0 Å². The third kappa shape index (κ3) is 3.81. The molecule has 1 aromatic heterocycles. The van der Waals surface area contributed by atoms with Crippen molar-refractivity contribution in [2.75, 3.05) is 24.5 Å². The number of amides is 1. The van der Waals surface area contributed by atoms with Crippen LogP contribution in [0.4, 0.5) is 5.69 Å². The number of carbonyl (C=O) groups is 1. The normalized spacial score (nSPS) is 16.9. The van der Waals surface area contributed by atoms with E-state index in [2.05, 4.69) is 15.3 Å². The van der Waals surface area contributed by atoms with Gasteiger partial charge < -0.3 is 15.3 Å². The van der Waals surface area contributed by atoms with Crippen LogP contribution in [0.3, 0.4) is 0 Å². The van der Waals surface area contributed by atoms with E-state index < -0.39 is 0 Å². The number of phenols is 1. The summed E-state index contributed by atoms with van der Waals surface area (Å²) in [5.74, 6) is 0.0172. The van der Waals surface area contributed by atoms with Gasteiger partial charge in [0.05, 0.1) is 17.4 Å². The van der Waals surface area contributed by atoms with Crippen LogP contribution < -0.4 is 15.8 Å². The molecule has 1 unspecified atom stereocenters. The Hall–Kier alpha value is -2.83. The van der Waals surface area contributed by atoms with Crippen molar-refractivity contribution in [3.05, 3.63) is 51.9 Å². The Labute approximate surface area is 145 Å². The molecular formula is C18H22N4O3. The Morgan fingerprint density at radius 1 is 1.40 bits per heavy atom. The maximum Gasteiger partial charge on any atom is 0.268 e. The van der Waals surface area contributed by atoms with Crippen molar-refractivity contribution in [2.45, 2.75) is 13.3 Å². The summed E-state index contributed by atoms with van der Waals surface area (Å²) in [6, 6.07) is 6.59. The molecule has 132 valence electrons. The smallest absolute Gasteiger partial charge is 0.268 e. The topological polar surface area (TPSA) is 87.5 Å². The average molecular weight is 342 g/mol. The third-order valence-electron chi connectivity index (χ3n) is 4.55. The van der Waals surface area contributed by atoms with Crippen molar-refractivity contribution >= 4 is 11.6 Å². The molecule has 1 atom stereocenters. The van der Waals surface area contributed by atoms with Gasteiger partial charge in [0.2, 0.25) is 0 Å². The van der Waals surface area contributed by atoms with Gasteiger partial charge in [-0.1, -0.05) is 6.07 Å². The predicted octanol–water partition coefficient (Wildman–Crippen LogP) is 1.05. The van der Waals surface area contributed by atoms with Gasteiger partial charge in [-0.2, -0.15) is 5.10 Å². The van der Waals surface area contributed by atoms with Gasteiger partial charge in [-0.3, -0.25) is 9.59 Å². The van der Waals surface area contributed by atoms with Crippen LogP contribution in [0.2, 0.25) is 0 Å². The summed E-state index contributed by atoms with van der Waals surface area (Å²) in [7, 11) is 1.62. The number of rotatable bonds is 4. The van der Waals surface area contributed by atoms with Gasteiger partial charge in [0.1, 0.15) is 5.75 Å². The average Bonchev–Trinajstić information content (AvgIpc) is 3.04. The Balaban J connectivity index is 1.57. The van der Waals surface area contributed by atoms with E-state index in [0.717, 1.165) is 30.8 Å². The third-order valence-corrected chi connectivity index (χ3v) is 4.55. The molecule has 0 aliphatic carbocycles. The SMILES string of the molecule is Cc1ccc(C(=O)NCC2CCN(c3cnn(C)c(=O)c3)C2)c(O)c1. The Morgan fingerprint density at radius 3 is 2.92 bits per heavy atom. The molecular weight excluding hydrogens is 320 g/mol. The van der Waals surface area contributed by atoms with E-state index in [-0.39, 0.29) is 22.8 Å². The minimum absolute atomic E-state index is 0.00301. The van der Waals surface area contributed by atoms with Crippen LogP contribution in [-0.2, 0) is 7.05 Å². The lowest BCUT2D eigenvalue weighted by Gasteiger charge is -2.18. The molecule has 1 aliphatic rings. The molecule has 1 aromatic carbocycles. The van der Waals surface area contributed by atoms with Gasteiger partial charge in [0.15, 0.2) is 0 Å². The van der Waals surface area contributed by atoms with Crippen molar-refractivity contribution in [2.24, 2.45) is 13.0 Å². The lowest BCUT2D eigenvalue weighted by atomic mass is 10.1. The first kappa shape index (κ1) is 17.0. The molecule has 1 amide bonds. The van der Waals surface area contributed by atoms with Crippen LogP contribution in [0.15, 0.2) is 35.3 Å². The van der Waals surface area contributed by atoms with Crippen LogP contribution in [0.25, 0.3) is 0 Å². The largest absolute Gasteiger partial charge is 0.507 e. The fraction of sp³-hybridized carbons (Fsp3) is 0.389. The predicted molar refractivity (Wildman–Crippen MR) is 95.0 cm³/mol. The fourth-order valence-electron chi connectivity index (χ4n) is 3.03. The Kier molecular flexibility index (Phi) is 4.74. The van der Waals surface area contributed by atoms with E-state index in [4.69, 9.17) is 0 Å². The number of benzene rings is 1. The molecule has 2 N–H and O–H groups in total. The summed E-state index contributed by atoms with van der Waals surface area (Å²) in [5, 5.41) is 16.8. The van der Waals surface area contributed by atoms with Gasteiger partial charge in [0.25, 0.3) is 11.5 Å². The molecule has 0 spiro atoms. The second-order valence-corrected chi connectivity index (χ2v) is 6.51. The summed E-state index contributed by atoms with van der Waals surface area (Å²) in [5.41, 5.74) is 1.87. The van der Waals surface area contributed by atoms with Crippen molar-refractivity contribution < 1.29 is 9.90 Å². The van der Waals surface area contributed by atoms with E-state index in [9.17, 15) is 14.7 Å². The quantitative estimate of drug-likeness (QED) is 0.867. The van der Waals surface area contributed by atoms with E-state index in [1.807, 2.05) is 6.92 Å². The van der Waals surface area contributed by atoms with Crippen molar-refractivity contribution in [1.29, 1.82) is 0 Å². The zero-order valence-electron chi connectivity index (χ0n) is 14.4. The van der Waals surface area contributed by atoms with Crippen molar-refractivity contribution in [3.8, 4) is 5.75 Å². The van der Waals surface area contributed by atoms with Crippen LogP contribution >= 0.6 is 0 Å². The second kappa shape index (κ2) is 6.96. The highest BCUT2D eigenvalue weighted by atomic mass is 16.3. The first-order valence-electron chi connectivity index (χ1n) is 8.30. The van der Waals surface area contributed by atoms with Crippen molar-refractivity contribution in [1.82, 2.24) is 15.1 Å². The van der Waals surface area contributed by atoms with Gasteiger partial charge in [-0.05, 0) is 37.0 Å². The van der Waals surface area contributed by atoms with E-state index in [0.29, 0.717) is 12.5 Å². The molecule has 7 heteroatoms. The zero-order chi connectivity index (χ0) is 18.0. The molecule has 2 aromatic rings. The molecule has 0 bridgehead atoms. The molecule has 25 heavy (non-hydrogen) atoms. The van der Waals surface area contributed by atoms with E-state index >= 15 is 0 Å². The number of nitrogens with one attached hydrogen (secondary N) is 1. The summed E-state index contributed by atoms with van der Waals surface area (Å²) in [6.45, 7) is 3.97. The highest BCUT2D eigenvalue weighted by Gasteiger charge is 2.24. The number of aromatic nitrogens is 2. The zero-order valence-corrected chi connectivity index (χ0v) is 14.4. The molecule has 3 rings (SSSR count). The fourth-order valence-corrected chi connectivity index (χ4v) is 3.03. The number of hydrogen-bond acceptors (Lipinski definition) is 5. The van der Waals surface area contributed by atoms with Crippen molar-refractivity contribution in [3.63, 3.8) is 0 Å². The molecule has 1 aliphatic heterocycles. The van der Waals surface area contributed by atoms with E-state index in [1.165, 1.54) is 4.68 Å². The number of aryl methyl sites for hydroxylation is 2. The molecule has 2 heterocycles. The minimum Gasteiger partial charge on any atom is -0.507 e. The standard InChI is InChI=1S/C18H22N4O3/c1-12-3-4-15(16(23)7-12)18(25)19-9-13-5-6-22(11-13)14-8-17(24)21(2)20-10-14/h3-4,7-8,10,13,23H,5-6,9,11H2,1-2H3,(H,19,25). The number of carbonyl (C=O) groups excluding carboxylic acids is 1. The summed E-state index contributed by atoms with van der Waals surface area (Å²) >= 11 is 0. The second-order valence-electron chi connectivity index (χ2n) is 6.51. The molecule has 1 fully saturated rings. The lowest BCUT2D eigenvalue weighted by Crippen LogP contribution is -2.31. The van der Waals surface area contributed by atoms with Crippen LogP contribution in [0.1, 0.15) is 22.3 Å². The maximum atomic E-state index is 12.2. The van der Waals surface area contributed by atoms with E-state index in [1.54, 1.807) is 37.5 Å². The summed E-state index contributed by atoms with van der Waals surface area (Å²) in [4.78, 5) is 26.0. The summed E-state index contributed by atoms with van der Waals surface area (Å²) in [6.07, 6.45) is 2.61. The number of hydrogen-bond donors (Lipinski definition) is 2. The van der Waals surface area contributed by atoms with Gasteiger partial charge in [0, 0.05) is 32.7 Å². The molecule has 0 radical (unpaired) electrons. The van der Waals surface area contributed by atoms with Gasteiger partial charge in [-0.15, -0.1) is 0 Å². The Bertz CT molecular complexity index is 846. The van der Waals surface area contributed by atoms with Gasteiger partial charge in [-0.25, -0.2) is 4.68 Å². The highest BCUT2D eigenvalue weighted by Crippen LogP contribution is 2.22.